The Labute approximate surface area is 270 Å². The molecule has 4 rings (SSSR count). The molecule has 0 aliphatic heterocycles. The minimum atomic E-state index is -4.31. The van der Waals surface area contributed by atoms with Gasteiger partial charge in [-0.1, -0.05) is 78.4 Å². The molecule has 0 heterocycles. The highest BCUT2D eigenvalue weighted by Crippen LogP contribution is 2.33. The normalized spacial score (nSPS) is 12.0. The Kier molecular flexibility index (Phi) is 11.5. The van der Waals surface area contributed by atoms with E-state index in [1.165, 1.54) is 23.1 Å². The number of amides is 2. The molecule has 0 saturated heterocycles. The Morgan fingerprint density at radius 1 is 0.870 bits per heavy atom. The van der Waals surface area contributed by atoms with E-state index in [4.69, 9.17) is 4.74 Å². The summed E-state index contributed by atoms with van der Waals surface area (Å²) in [7, 11) is -4.31. The summed E-state index contributed by atoms with van der Waals surface area (Å²) in [4.78, 5) is 29.6. The highest BCUT2D eigenvalue weighted by atomic mass is 32.2. The third-order valence-corrected chi connectivity index (χ3v) is 9.10. The number of halogens is 1. The number of anilines is 1. The van der Waals surface area contributed by atoms with Gasteiger partial charge in [0.2, 0.25) is 11.8 Å². The molecule has 0 aromatic heterocycles. The second kappa shape index (κ2) is 15.5. The highest BCUT2D eigenvalue weighted by Gasteiger charge is 2.36. The molecule has 0 saturated carbocycles. The lowest BCUT2D eigenvalue weighted by Gasteiger charge is -2.34. The zero-order valence-corrected chi connectivity index (χ0v) is 27.3. The van der Waals surface area contributed by atoms with E-state index in [2.05, 4.69) is 5.32 Å². The number of hydrogen-bond donors (Lipinski definition) is 1. The Morgan fingerprint density at radius 2 is 1.50 bits per heavy atom. The van der Waals surface area contributed by atoms with Crippen molar-refractivity contribution in [3.63, 3.8) is 0 Å². The summed E-state index contributed by atoms with van der Waals surface area (Å²) < 4.78 is 50.4. The third-order valence-electron chi connectivity index (χ3n) is 7.32. The smallest absolute Gasteiger partial charge is 0.264 e. The summed E-state index contributed by atoms with van der Waals surface area (Å²) in [6.45, 7) is 6.56. The van der Waals surface area contributed by atoms with Gasteiger partial charge in [0.25, 0.3) is 10.0 Å². The number of nitrogens with zero attached hydrogens (tertiary/aromatic N) is 2. The van der Waals surface area contributed by atoms with Crippen LogP contribution in [-0.2, 0) is 32.6 Å². The monoisotopic (exact) mass is 645 g/mol. The first kappa shape index (κ1) is 34.2. The van der Waals surface area contributed by atoms with E-state index in [0.717, 1.165) is 15.4 Å². The first-order valence-corrected chi connectivity index (χ1v) is 16.6. The van der Waals surface area contributed by atoms with Crippen molar-refractivity contribution in [1.29, 1.82) is 0 Å². The van der Waals surface area contributed by atoms with Crippen LogP contribution in [0.25, 0.3) is 0 Å². The first-order valence-electron chi connectivity index (χ1n) is 15.2. The second-order valence-electron chi connectivity index (χ2n) is 11.2. The fourth-order valence-electron chi connectivity index (χ4n) is 5.04. The van der Waals surface area contributed by atoms with Crippen LogP contribution in [0.15, 0.2) is 108 Å². The molecule has 0 radical (unpaired) electrons. The predicted molar refractivity (Wildman–Crippen MR) is 177 cm³/mol. The van der Waals surface area contributed by atoms with Crippen LogP contribution in [0.3, 0.4) is 0 Å². The SMILES string of the molecule is CCOc1ccccc1N(CC(=O)N(Cc1ccccc1F)[C@H](Cc1ccccc1)C(=O)NC(C)C)S(=O)(=O)c1ccc(C)cc1. The molecule has 0 bridgehead atoms. The molecule has 1 atom stereocenters. The number of benzene rings is 4. The Bertz CT molecular complexity index is 1730. The maximum atomic E-state index is 15.1. The van der Waals surface area contributed by atoms with E-state index < -0.39 is 40.2 Å². The van der Waals surface area contributed by atoms with E-state index in [1.54, 1.807) is 75.4 Å². The van der Waals surface area contributed by atoms with Gasteiger partial charge in [-0.05, 0) is 63.6 Å². The number of carbonyl (C=O) groups is 2. The molecule has 4 aromatic carbocycles. The molecule has 8 nitrogen and oxygen atoms in total. The topological polar surface area (TPSA) is 96.0 Å². The van der Waals surface area contributed by atoms with Gasteiger partial charge >= 0.3 is 0 Å². The molecule has 0 aliphatic rings. The van der Waals surface area contributed by atoms with Gasteiger partial charge in [-0.3, -0.25) is 13.9 Å². The maximum Gasteiger partial charge on any atom is 0.264 e. The van der Waals surface area contributed by atoms with E-state index in [9.17, 15) is 18.0 Å². The zero-order chi connectivity index (χ0) is 33.3. The van der Waals surface area contributed by atoms with Gasteiger partial charge in [-0.2, -0.15) is 0 Å². The van der Waals surface area contributed by atoms with Crippen molar-refractivity contribution in [1.82, 2.24) is 10.2 Å². The number of hydrogen-bond acceptors (Lipinski definition) is 5. The van der Waals surface area contributed by atoms with Crippen molar-refractivity contribution in [3.05, 3.63) is 126 Å². The van der Waals surface area contributed by atoms with Crippen molar-refractivity contribution >= 4 is 27.5 Å². The van der Waals surface area contributed by atoms with E-state index >= 15 is 4.39 Å². The predicted octanol–water partition coefficient (Wildman–Crippen LogP) is 5.89. The van der Waals surface area contributed by atoms with Crippen LogP contribution < -0.4 is 14.4 Å². The van der Waals surface area contributed by atoms with Gasteiger partial charge in [0.05, 0.1) is 17.2 Å². The van der Waals surface area contributed by atoms with E-state index in [1.807, 2.05) is 37.3 Å². The lowest BCUT2D eigenvalue weighted by Crippen LogP contribution is -2.54. The molecular formula is C36H40FN3O5S. The fourth-order valence-corrected chi connectivity index (χ4v) is 6.46. The molecule has 10 heteroatoms. The third kappa shape index (κ3) is 8.51. The van der Waals surface area contributed by atoms with Crippen molar-refractivity contribution < 1.29 is 27.1 Å². The molecule has 4 aromatic rings. The highest BCUT2D eigenvalue weighted by molar-refractivity contribution is 7.92. The van der Waals surface area contributed by atoms with Crippen LogP contribution in [0.5, 0.6) is 5.75 Å². The molecule has 46 heavy (non-hydrogen) atoms. The lowest BCUT2D eigenvalue weighted by atomic mass is 10.0. The van der Waals surface area contributed by atoms with Crippen molar-refractivity contribution in [3.8, 4) is 5.75 Å². The van der Waals surface area contributed by atoms with Crippen LogP contribution >= 0.6 is 0 Å². The largest absolute Gasteiger partial charge is 0.492 e. The van der Waals surface area contributed by atoms with Crippen molar-refractivity contribution in [2.45, 2.75) is 57.6 Å². The summed E-state index contributed by atoms with van der Waals surface area (Å²) in [5.41, 5.74) is 2.00. The molecule has 0 fully saturated rings. The maximum absolute atomic E-state index is 15.1. The number of ether oxygens (including phenoxy) is 1. The van der Waals surface area contributed by atoms with Gasteiger partial charge in [0.15, 0.2) is 0 Å². The summed E-state index contributed by atoms with van der Waals surface area (Å²) in [6.07, 6.45) is 0.125. The average molecular weight is 646 g/mol. The Balaban J connectivity index is 1.85. The number of nitrogens with one attached hydrogen (secondary N) is 1. The number of sulfonamides is 1. The first-order chi connectivity index (χ1) is 22.0. The lowest BCUT2D eigenvalue weighted by molar-refractivity contribution is -0.140. The molecule has 0 unspecified atom stereocenters. The number of carbonyl (C=O) groups excluding carboxylic acids is 2. The zero-order valence-electron chi connectivity index (χ0n) is 26.5. The van der Waals surface area contributed by atoms with Crippen molar-refractivity contribution in [2.75, 3.05) is 17.5 Å². The van der Waals surface area contributed by atoms with Crippen LogP contribution in [-0.4, -0.2) is 50.4 Å². The molecule has 1 N–H and O–H groups in total. The summed E-state index contributed by atoms with van der Waals surface area (Å²) in [6, 6.07) is 26.8. The fraction of sp³-hybridized carbons (Fsp3) is 0.278. The van der Waals surface area contributed by atoms with Crippen LogP contribution in [0, 0.1) is 12.7 Å². The van der Waals surface area contributed by atoms with Gasteiger partial charge < -0.3 is 15.0 Å². The number of para-hydroxylation sites is 2. The van der Waals surface area contributed by atoms with E-state index in [0.29, 0.717) is 0 Å². The quantitative estimate of drug-likeness (QED) is 0.185. The summed E-state index contributed by atoms with van der Waals surface area (Å²) in [5.74, 6) is -1.40. The standard InChI is InChI=1S/C36H40FN3O5S/c1-5-45-34-18-12-11-17-32(34)40(46(43,44)30-21-19-27(4)20-22-30)25-35(41)39(24-29-15-9-10-16-31(29)37)33(36(42)38-26(2)3)23-28-13-7-6-8-14-28/h6-22,26,33H,5,23-25H2,1-4H3,(H,38,42)/t33-/m1/s1. The van der Waals surface area contributed by atoms with E-state index in [-0.39, 0.29) is 47.5 Å². The summed E-state index contributed by atoms with van der Waals surface area (Å²) in [5, 5.41) is 2.89. The molecule has 242 valence electrons. The Hall–Kier alpha value is -4.70. The van der Waals surface area contributed by atoms with Gasteiger partial charge in [0.1, 0.15) is 24.2 Å². The van der Waals surface area contributed by atoms with Crippen molar-refractivity contribution in [2.24, 2.45) is 0 Å². The minimum absolute atomic E-state index is 0.0174. The van der Waals surface area contributed by atoms with Gasteiger partial charge in [-0.15, -0.1) is 0 Å². The number of rotatable bonds is 14. The van der Waals surface area contributed by atoms with Crippen LogP contribution in [0.1, 0.15) is 37.5 Å². The molecular weight excluding hydrogens is 605 g/mol. The second-order valence-corrected chi connectivity index (χ2v) is 13.1. The van der Waals surface area contributed by atoms with Gasteiger partial charge in [-0.25, -0.2) is 12.8 Å². The van der Waals surface area contributed by atoms with Crippen LogP contribution in [0.4, 0.5) is 10.1 Å². The Morgan fingerprint density at radius 3 is 2.15 bits per heavy atom. The van der Waals surface area contributed by atoms with Crippen LogP contribution in [0.2, 0.25) is 0 Å². The molecule has 0 aliphatic carbocycles. The van der Waals surface area contributed by atoms with Gasteiger partial charge in [0, 0.05) is 24.6 Å². The summed E-state index contributed by atoms with van der Waals surface area (Å²) >= 11 is 0. The molecule has 0 spiro atoms. The number of aryl methyl sites for hydroxylation is 1. The average Bonchev–Trinajstić information content (AvgIpc) is 3.03. The molecule has 2 amide bonds. The minimum Gasteiger partial charge on any atom is -0.492 e.